The molecule has 0 amide bonds. The van der Waals surface area contributed by atoms with Crippen LogP contribution in [-0.2, 0) is 0 Å². The van der Waals surface area contributed by atoms with Gasteiger partial charge in [0.2, 0.25) is 5.13 Å². The predicted molar refractivity (Wildman–Crippen MR) is 72.7 cm³/mol. The van der Waals surface area contributed by atoms with Crippen molar-refractivity contribution in [2.24, 2.45) is 0 Å². The average molecular weight is 263 g/mol. The van der Waals surface area contributed by atoms with Gasteiger partial charge in [-0.25, -0.2) is 0 Å². The third-order valence-corrected chi connectivity index (χ3v) is 4.43. The second-order valence-corrected chi connectivity index (χ2v) is 6.12. The topological polar surface area (TPSA) is 29.0 Å². The highest BCUT2D eigenvalue weighted by Crippen LogP contribution is 2.27. The average Bonchev–Trinajstić information content (AvgIpc) is 2.66. The van der Waals surface area contributed by atoms with Crippen molar-refractivity contribution < 1.29 is 0 Å². The lowest BCUT2D eigenvalue weighted by Gasteiger charge is -2.03. The molecule has 0 aromatic carbocycles. The van der Waals surface area contributed by atoms with Gasteiger partial charge in [-0.1, -0.05) is 29.5 Å². The molecule has 6 heteroatoms. The fourth-order valence-electron chi connectivity index (χ4n) is 0.992. The largest absolute Gasteiger partial charge is 0.353 e. The molecule has 0 spiro atoms. The van der Waals surface area contributed by atoms with Crippen molar-refractivity contribution >= 4 is 40.9 Å². The molecule has 0 aliphatic rings. The van der Waals surface area contributed by atoms with Gasteiger partial charge in [0.15, 0.2) is 4.34 Å². The second kappa shape index (κ2) is 7.35. The fourth-order valence-corrected chi connectivity index (χ4v) is 3.05. The van der Waals surface area contributed by atoms with E-state index in [0.717, 1.165) is 21.0 Å². The summed E-state index contributed by atoms with van der Waals surface area (Å²) in [6, 6.07) is 0. The van der Waals surface area contributed by atoms with Crippen LogP contribution in [-0.4, -0.2) is 35.8 Å². The van der Waals surface area contributed by atoms with E-state index in [1.165, 1.54) is 19.3 Å². The first-order valence-corrected chi connectivity index (χ1v) is 7.42. The number of thiol groups is 1. The lowest BCUT2D eigenvalue weighted by atomic mass is 10.3. The van der Waals surface area contributed by atoms with Crippen molar-refractivity contribution in [1.82, 2.24) is 10.2 Å². The molecule has 0 aliphatic carbocycles. The number of thioether (sulfide) groups is 1. The first-order chi connectivity index (χ1) is 7.24. The Morgan fingerprint density at radius 3 is 2.67 bits per heavy atom. The molecule has 0 aliphatic heterocycles. The van der Waals surface area contributed by atoms with Gasteiger partial charge in [-0.2, -0.15) is 12.6 Å². The molecule has 1 heterocycles. The number of unbranched alkanes of at least 4 members (excludes halogenated alkanes) is 2. The van der Waals surface area contributed by atoms with E-state index in [1.807, 2.05) is 19.0 Å². The molecule has 3 nitrogen and oxygen atoms in total. The van der Waals surface area contributed by atoms with Crippen molar-refractivity contribution in [3.8, 4) is 0 Å². The Kier molecular flexibility index (Phi) is 6.43. The maximum atomic E-state index is 4.19. The Labute approximate surface area is 105 Å². The summed E-state index contributed by atoms with van der Waals surface area (Å²) in [6.07, 6.45) is 3.71. The number of hydrogen-bond donors (Lipinski definition) is 1. The zero-order valence-corrected chi connectivity index (χ0v) is 11.7. The fraction of sp³-hybridized carbons (Fsp3) is 0.778. The van der Waals surface area contributed by atoms with Gasteiger partial charge in [-0.3, -0.25) is 0 Å². The molecule has 0 saturated carbocycles. The molecule has 0 saturated heterocycles. The zero-order valence-electron chi connectivity index (χ0n) is 9.14. The van der Waals surface area contributed by atoms with Crippen LogP contribution in [0, 0.1) is 0 Å². The van der Waals surface area contributed by atoms with E-state index in [9.17, 15) is 0 Å². The highest BCUT2D eigenvalue weighted by molar-refractivity contribution is 8.01. The molecule has 0 unspecified atom stereocenters. The molecule has 15 heavy (non-hydrogen) atoms. The van der Waals surface area contributed by atoms with E-state index in [-0.39, 0.29) is 0 Å². The van der Waals surface area contributed by atoms with E-state index in [0.29, 0.717) is 0 Å². The van der Waals surface area contributed by atoms with Crippen molar-refractivity contribution in [3.63, 3.8) is 0 Å². The van der Waals surface area contributed by atoms with Crippen molar-refractivity contribution in [1.29, 1.82) is 0 Å². The molecule has 1 aromatic heterocycles. The Morgan fingerprint density at radius 2 is 2.07 bits per heavy atom. The van der Waals surface area contributed by atoms with Crippen molar-refractivity contribution in [2.75, 3.05) is 30.5 Å². The normalized spacial score (nSPS) is 10.6. The standard InChI is InChI=1S/C9H17N3S3/c1-12(2)8-10-11-9(15-8)14-7-5-3-4-6-13/h13H,3-7H2,1-2H3. The van der Waals surface area contributed by atoms with Crippen LogP contribution in [0.2, 0.25) is 0 Å². The van der Waals surface area contributed by atoms with E-state index < -0.39 is 0 Å². The molecule has 0 fully saturated rings. The minimum absolute atomic E-state index is 0.979. The Morgan fingerprint density at radius 1 is 1.27 bits per heavy atom. The lowest BCUT2D eigenvalue weighted by molar-refractivity contribution is 0.786. The van der Waals surface area contributed by atoms with Gasteiger partial charge in [0.05, 0.1) is 0 Å². The number of anilines is 1. The maximum absolute atomic E-state index is 4.19. The first-order valence-electron chi connectivity index (χ1n) is 4.98. The SMILES string of the molecule is CN(C)c1nnc(SCCCCCS)s1. The van der Waals surface area contributed by atoms with E-state index >= 15 is 0 Å². The second-order valence-electron chi connectivity index (χ2n) is 3.38. The maximum Gasteiger partial charge on any atom is 0.208 e. The van der Waals surface area contributed by atoms with Crippen LogP contribution in [0.4, 0.5) is 5.13 Å². The van der Waals surface area contributed by atoms with Gasteiger partial charge >= 0.3 is 0 Å². The predicted octanol–water partition coefficient (Wildman–Crippen LogP) is 2.80. The summed E-state index contributed by atoms with van der Waals surface area (Å²) in [6.45, 7) is 0. The Hall–Kier alpha value is 0.0600. The number of aromatic nitrogens is 2. The monoisotopic (exact) mass is 263 g/mol. The van der Waals surface area contributed by atoms with Gasteiger partial charge in [0.25, 0.3) is 0 Å². The van der Waals surface area contributed by atoms with Gasteiger partial charge < -0.3 is 4.90 Å². The van der Waals surface area contributed by atoms with Gasteiger partial charge in [-0.05, 0) is 18.6 Å². The molecule has 1 aromatic rings. The zero-order chi connectivity index (χ0) is 11.1. The van der Waals surface area contributed by atoms with Crippen LogP contribution in [0.25, 0.3) is 0 Å². The smallest absolute Gasteiger partial charge is 0.208 e. The summed E-state index contributed by atoms with van der Waals surface area (Å²) in [5.41, 5.74) is 0. The minimum Gasteiger partial charge on any atom is -0.353 e. The molecule has 0 bridgehead atoms. The van der Waals surface area contributed by atoms with E-state index in [4.69, 9.17) is 0 Å². The molecular formula is C9H17N3S3. The summed E-state index contributed by atoms with van der Waals surface area (Å²) >= 11 is 7.64. The quantitative estimate of drug-likeness (QED) is 0.465. The summed E-state index contributed by atoms with van der Waals surface area (Å²) in [7, 11) is 3.98. The van der Waals surface area contributed by atoms with Gasteiger partial charge in [0, 0.05) is 19.8 Å². The Balaban J connectivity index is 2.20. The van der Waals surface area contributed by atoms with Crippen LogP contribution in [0.1, 0.15) is 19.3 Å². The van der Waals surface area contributed by atoms with Gasteiger partial charge in [0.1, 0.15) is 0 Å². The number of nitrogens with zero attached hydrogens (tertiary/aromatic N) is 3. The summed E-state index contributed by atoms with van der Waals surface area (Å²) in [5, 5.41) is 9.20. The van der Waals surface area contributed by atoms with Crippen LogP contribution in [0.5, 0.6) is 0 Å². The first kappa shape index (κ1) is 13.1. The van der Waals surface area contributed by atoms with Crippen LogP contribution < -0.4 is 4.90 Å². The summed E-state index contributed by atoms with van der Waals surface area (Å²) in [5.74, 6) is 2.13. The summed E-state index contributed by atoms with van der Waals surface area (Å²) < 4.78 is 1.07. The third kappa shape index (κ3) is 5.08. The molecule has 0 atom stereocenters. The van der Waals surface area contributed by atoms with E-state index in [1.54, 1.807) is 23.1 Å². The number of rotatable bonds is 7. The van der Waals surface area contributed by atoms with Crippen molar-refractivity contribution in [3.05, 3.63) is 0 Å². The highest BCUT2D eigenvalue weighted by atomic mass is 32.2. The molecule has 0 radical (unpaired) electrons. The highest BCUT2D eigenvalue weighted by Gasteiger charge is 2.05. The molecule has 1 rings (SSSR count). The van der Waals surface area contributed by atoms with Crippen molar-refractivity contribution in [2.45, 2.75) is 23.6 Å². The number of hydrogen-bond acceptors (Lipinski definition) is 6. The lowest BCUT2D eigenvalue weighted by Crippen LogP contribution is -2.07. The molecular weight excluding hydrogens is 246 g/mol. The third-order valence-electron chi connectivity index (χ3n) is 1.81. The molecule has 0 N–H and O–H groups in total. The van der Waals surface area contributed by atoms with Crippen LogP contribution in [0.15, 0.2) is 4.34 Å². The van der Waals surface area contributed by atoms with E-state index in [2.05, 4.69) is 22.8 Å². The Bertz CT molecular complexity index is 275. The molecule has 86 valence electrons. The van der Waals surface area contributed by atoms with Crippen LogP contribution in [0.3, 0.4) is 0 Å². The summed E-state index contributed by atoms with van der Waals surface area (Å²) in [4.78, 5) is 1.99. The van der Waals surface area contributed by atoms with Gasteiger partial charge in [-0.15, -0.1) is 10.2 Å². The minimum atomic E-state index is 0.979. The van der Waals surface area contributed by atoms with Crippen LogP contribution >= 0.6 is 35.7 Å².